The lowest BCUT2D eigenvalue weighted by Crippen LogP contribution is -2.52. The number of hydrogen-bond donors (Lipinski definition) is 1. The molecular weight excluding hydrogens is 262 g/mol. The van der Waals surface area contributed by atoms with Crippen molar-refractivity contribution in [2.45, 2.75) is 38.5 Å². The highest BCUT2D eigenvalue weighted by atomic mass is 16.6. The number of aliphatic hydroxyl groups is 1. The second-order valence-corrected chi connectivity index (χ2v) is 5.78. The van der Waals surface area contributed by atoms with Crippen molar-refractivity contribution < 1.29 is 23.8 Å². The highest BCUT2D eigenvalue weighted by Crippen LogP contribution is 2.25. The molecule has 20 heavy (non-hydrogen) atoms. The molecule has 1 fully saturated rings. The number of carbonyl (C=O) groups is 1. The lowest BCUT2D eigenvalue weighted by molar-refractivity contribution is -0.0713. The topological polar surface area (TPSA) is 72.1 Å². The van der Waals surface area contributed by atoms with Crippen LogP contribution in [0.1, 0.15) is 32.6 Å². The minimum atomic E-state index is -0.933. The molecule has 1 aliphatic rings. The SMILES string of the molecule is CC(C)(C)OC(=O)N1CCOCC1C(O)c1ccco1. The Kier molecular flexibility index (Phi) is 4.35. The van der Waals surface area contributed by atoms with E-state index in [4.69, 9.17) is 13.9 Å². The molecule has 1 aromatic rings. The van der Waals surface area contributed by atoms with Crippen molar-refractivity contribution in [3.63, 3.8) is 0 Å². The first-order valence-corrected chi connectivity index (χ1v) is 6.67. The molecular formula is C14H21NO5. The summed E-state index contributed by atoms with van der Waals surface area (Å²) in [5, 5.41) is 10.3. The predicted molar refractivity (Wildman–Crippen MR) is 71.2 cm³/mol. The Labute approximate surface area is 118 Å². The molecule has 2 rings (SSSR count). The van der Waals surface area contributed by atoms with Crippen LogP contribution in [-0.2, 0) is 9.47 Å². The molecule has 2 unspecified atom stereocenters. The normalized spacial score (nSPS) is 21.6. The van der Waals surface area contributed by atoms with Gasteiger partial charge in [-0.1, -0.05) is 0 Å². The van der Waals surface area contributed by atoms with Gasteiger partial charge in [0.15, 0.2) is 0 Å². The number of aliphatic hydroxyl groups excluding tert-OH is 1. The number of morpholine rings is 1. The van der Waals surface area contributed by atoms with Crippen molar-refractivity contribution in [2.75, 3.05) is 19.8 Å². The van der Waals surface area contributed by atoms with Gasteiger partial charge in [-0.25, -0.2) is 4.79 Å². The predicted octanol–water partition coefficient (Wildman–Crippen LogP) is 1.95. The van der Waals surface area contributed by atoms with Gasteiger partial charge >= 0.3 is 6.09 Å². The van der Waals surface area contributed by atoms with Crippen molar-refractivity contribution in [3.8, 4) is 0 Å². The Morgan fingerprint density at radius 1 is 1.55 bits per heavy atom. The fourth-order valence-electron chi connectivity index (χ4n) is 2.08. The molecule has 0 aromatic carbocycles. The second kappa shape index (κ2) is 5.85. The molecule has 1 aromatic heterocycles. The van der Waals surface area contributed by atoms with Crippen molar-refractivity contribution in [3.05, 3.63) is 24.2 Å². The van der Waals surface area contributed by atoms with Crippen molar-refractivity contribution in [1.29, 1.82) is 0 Å². The van der Waals surface area contributed by atoms with Crippen molar-refractivity contribution in [2.24, 2.45) is 0 Å². The third-order valence-electron chi connectivity index (χ3n) is 2.99. The summed E-state index contributed by atoms with van der Waals surface area (Å²) in [5.41, 5.74) is -0.574. The number of furan rings is 1. The van der Waals surface area contributed by atoms with Gasteiger partial charge in [0.05, 0.1) is 25.5 Å². The Bertz CT molecular complexity index is 437. The van der Waals surface area contributed by atoms with E-state index in [0.717, 1.165) is 0 Å². The van der Waals surface area contributed by atoms with Crippen molar-refractivity contribution >= 4 is 6.09 Å². The molecule has 2 atom stereocenters. The average molecular weight is 283 g/mol. The maximum Gasteiger partial charge on any atom is 0.410 e. The van der Waals surface area contributed by atoms with E-state index < -0.39 is 23.8 Å². The van der Waals surface area contributed by atoms with Gasteiger partial charge in [-0.3, -0.25) is 4.90 Å². The van der Waals surface area contributed by atoms with E-state index in [1.807, 2.05) is 20.8 Å². The molecule has 1 aliphatic heterocycles. The summed E-state index contributed by atoms with van der Waals surface area (Å²) >= 11 is 0. The molecule has 1 N–H and O–H groups in total. The lowest BCUT2D eigenvalue weighted by atomic mass is 10.1. The molecule has 0 saturated carbocycles. The molecule has 1 amide bonds. The van der Waals surface area contributed by atoms with Crippen LogP contribution >= 0.6 is 0 Å². The van der Waals surface area contributed by atoms with Gasteiger partial charge in [0.1, 0.15) is 17.5 Å². The molecule has 112 valence electrons. The van der Waals surface area contributed by atoms with Crippen LogP contribution in [0, 0.1) is 0 Å². The smallest absolute Gasteiger partial charge is 0.410 e. The number of nitrogens with zero attached hydrogens (tertiary/aromatic N) is 1. The number of amides is 1. The quantitative estimate of drug-likeness (QED) is 0.898. The first-order valence-electron chi connectivity index (χ1n) is 6.67. The maximum atomic E-state index is 12.2. The first kappa shape index (κ1) is 14.9. The molecule has 2 heterocycles. The van der Waals surface area contributed by atoms with E-state index in [1.54, 1.807) is 12.1 Å². The second-order valence-electron chi connectivity index (χ2n) is 5.78. The standard InChI is InChI=1S/C14H21NO5/c1-14(2,3)20-13(17)15-6-8-18-9-10(15)12(16)11-5-4-7-19-11/h4-5,7,10,12,16H,6,8-9H2,1-3H3. The maximum absolute atomic E-state index is 12.2. The Balaban J connectivity index is 2.11. The minimum absolute atomic E-state index is 0.251. The van der Waals surface area contributed by atoms with E-state index >= 15 is 0 Å². The largest absolute Gasteiger partial charge is 0.467 e. The first-order chi connectivity index (χ1) is 9.38. The summed E-state index contributed by atoms with van der Waals surface area (Å²) in [7, 11) is 0. The summed E-state index contributed by atoms with van der Waals surface area (Å²) in [6.07, 6.45) is 0.106. The van der Waals surface area contributed by atoms with Gasteiger partial charge in [-0.15, -0.1) is 0 Å². The molecule has 0 bridgehead atoms. The van der Waals surface area contributed by atoms with Gasteiger partial charge in [0.25, 0.3) is 0 Å². The third kappa shape index (κ3) is 3.52. The molecule has 6 heteroatoms. The van der Waals surface area contributed by atoms with Gasteiger partial charge in [0, 0.05) is 6.54 Å². The Morgan fingerprint density at radius 3 is 2.90 bits per heavy atom. The molecule has 0 aliphatic carbocycles. The average Bonchev–Trinajstić information content (AvgIpc) is 2.89. The van der Waals surface area contributed by atoms with Gasteiger partial charge < -0.3 is 19.0 Å². The Morgan fingerprint density at radius 2 is 2.30 bits per heavy atom. The Hall–Kier alpha value is -1.53. The van der Waals surface area contributed by atoms with Crippen LogP contribution in [0.25, 0.3) is 0 Å². The van der Waals surface area contributed by atoms with Crippen LogP contribution in [0.4, 0.5) is 4.79 Å². The number of hydrogen-bond acceptors (Lipinski definition) is 5. The highest BCUT2D eigenvalue weighted by molar-refractivity contribution is 5.68. The summed E-state index contributed by atoms with van der Waals surface area (Å²) in [6, 6.07) is 2.86. The number of carbonyl (C=O) groups excluding carboxylic acids is 1. The van der Waals surface area contributed by atoms with Crippen LogP contribution < -0.4 is 0 Å². The molecule has 0 radical (unpaired) electrons. The van der Waals surface area contributed by atoms with Crippen molar-refractivity contribution in [1.82, 2.24) is 4.90 Å². The summed E-state index contributed by atoms with van der Waals surface area (Å²) < 4.78 is 15.9. The van der Waals surface area contributed by atoms with E-state index in [2.05, 4.69) is 0 Å². The highest BCUT2D eigenvalue weighted by Gasteiger charge is 2.36. The monoisotopic (exact) mass is 283 g/mol. The summed E-state index contributed by atoms with van der Waals surface area (Å²) in [5.74, 6) is 0.411. The number of ether oxygens (including phenoxy) is 2. The van der Waals surface area contributed by atoms with Crippen LogP contribution in [-0.4, -0.2) is 47.5 Å². The molecule has 6 nitrogen and oxygen atoms in total. The van der Waals surface area contributed by atoms with Crippen LogP contribution in [0.3, 0.4) is 0 Å². The lowest BCUT2D eigenvalue weighted by Gasteiger charge is -2.38. The molecule has 1 saturated heterocycles. The van der Waals surface area contributed by atoms with Gasteiger partial charge in [0.2, 0.25) is 0 Å². The van der Waals surface area contributed by atoms with E-state index in [-0.39, 0.29) is 6.61 Å². The van der Waals surface area contributed by atoms with Crippen LogP contribution in [0.2, 0.25) is 0 Å². The van der Waals surface area contributed by atoms with E-state index in [1.165, 1.54) is 11.2 Å². The van der Waals surface area contributed by atoms with Gasteiger partial charge in [-0.05, 0) is 32.9 Å². The fourth-order valence-corrected chi connectivity index (χ4v) is 2.08. The summed E-state index contributed by atoms with van der Waals surface area (Å²) in [4.78, 5) is 13.7. The van der Waals surface area contributed by atoms with Crippen LogP contribution in [0.5, 0.6) is 0 Å². The number of rotatable bonds is 2. The zero-order valence-corrected chi connectivity index (χ0v) is 12.0. The van der Waals surface area contributed by atoms with Gasteiger partial charge in [-0.2, -0.15) is 0 Å². The van der Waals surface area contributed by atoms with Crippen LogP contribution in [0.15, 0.2) is 22.8 Å². The van der Waals surface area contributed by atoms with E-state index in [0.29, 0.717) is 18.9 Å². The van der Waals surface area contributed by atoms with E-state index in [9.17, 15) is 9.90 Å². The zero-order chi connectivity index (χ0) is 14.8. The minimum Gasteiger partial charge on any atom is -0.467 e. The molecule has 0 spiro atoms. The zero-order valence-electron chi connectivity index (χ0n) is 12.0. The fraction of sp³-hybridized carbons (Fsp3) is 0.643. The summed E-state index contributed by atoms with van der Waals surface area (Å²) in [6.45, 7) is 6.50. The third-order valence-corrected chi connectivity index (χ3v) is 2.99.